The lowest BCUT2D eigenvalue weighted by Gasteiger charge is -2.33. The van der Waals surface area contributed by atoms with Crippen molar-refractivity contribution in [3.8, 4) is 22.8 Å². The number of carbonyl (C=O) groups is 1. The first-order valence-electron chi connectivity index (χ1n) is 10.9. The van der Waals surface area contributed by atoms with Gasteiger partial charge in [0.25, 0.3) is 5.91 Å². The van der Waals surface area contributed by atoms with Crippen LogP contribution >= 0.6 is 11.6 Å². The predicted molar refractivity (Wildman–Crippen MR) is 122 cm³/mol. The molecule has 13 heteroatoms. The Labute approximate surface area is 207 Å². The summed E-state index contributed by atoms with van der Waals surface area (Å²) in [6.07, 6.45) is -0.626. The van der Waals surface area contributed by atoms with Crippen molar-refractivity contribution in [2.24, 2.45) is 0 Å². The van der Waals surface area contributed by atoms with E-state index in [1.54, 1.807) is 29.2 Å². The van der Waals surface area contributed by atoms with Gasteiger partial charge in [-0.15, -0.1) is 13.2 Å². The highest BCUT2D eigenvalue weighted by molar-refractivity contribution is 6.31. The Hall–Kier alpha value is -3.93. The van der Waals surface area contributed by atoms with E-state index in [1.807, 2.05) is 6.92 Å². The number of H-pyrrole nitrogens is 1. The van der Waals surface area contributed by atoms with Crippen LogP contribution in [-0.4, -0.2) is 53.9 Å². The Morgan fingerprint density at radius 3 is 2.67 bits per heavy atom. The molecule has 1 fully saturated rings. The van der Waals surface area contributed by atoms with Crippen LogP contribution in [0.4, 0.5) is 13.2 Å². The van der Waals surface area contributed by atoms with Gasteiger partial charge in [-0.25, -0.2) is 4.98 Å². The van der Waals surface area contributed by atoms with Gasteiger partial charge < -0.3 is 9.64 Å². The molecule has 0 aliphatic carbocycles. The molecule has 1 aliphatic rings. The molecule has 1 saturated heterocycles. The Morgan fingerprint density at radius 1 is 1.17 bits per heavy atom. The third-order valence-corrected chi connectivity index (χ3v) is 6.29. The number of rotatable bonds is 5. The molecular formula is C23H19ClF3N7O2. The third kappa shape index (κ3) is 4.39. The fourth-order valence-electron chi connectivity index (χ4n) is 4.36. The molecular weight excluding hydrogens is 499 g/mol. The number of ether oxygens (including phenoxy) is 1. The van der Waals surface area contributed by atoms with Crippen LogP contribution in [0.3, 0.4) is 0 Å². The first-order valence-corrected chi connectivity index (χ1v) is 11.3. The van der Waals surface area contributed by atoms with E-state index in [0.717, 1.165) is 0 Å². The summed E-state index contributed by atoms with van der Waals surface area (Å²) < 4.78 is 42.8. The first-order chi connectivity index (χ1) is 17.2. The van der Waals surface area contributed by atoms with Crippen LogP contribution in [-0.2, 0) is 5.54 Å². The second-order valence-electron chi connectivity index (χ2n) is 8.37. The van der Waals surface area contributed by atoms with E-state index in [9.17, 15) is 18.0 Å². The lowest BCUT2D eigenvalue weighted by Crippen LogP contribution is -2.44. The topological polar surface area (TPSA) is 102 Å². The van der Waals surface area contributed by atoms with Crippen LogP contribution in [0.5, 0.6) is 5.75 Å². The summed E-state index contributed by atoms with van der Waals surface area (Å²) in [5.41, 5.74) is -0.0615. The average molecular weight is 518 g/mol. The molecule has 1 N–H and O–H groups in total. The van der Waals surface area contributed by atoms with E-state index >= 15 is 0 Å². The number of hydrogen-bond donors (Lipinski definition) is 1. The number of likely N-dealkylation sites (tertiary alicyclic amines) is 1. The summed E-state index contributed by atoms with van der Waals surface area (Å²) in [7, 11) is 0. The van der Waals surface area contributed by atoms with Crippen molar-refractivity contribution in [1.82, 2.24) is 35.1 Å². The van der Waals surface area contributed by atoms with E-state index in [1.165, 1.54) is 35.4 Å². The number of para-hydroxylation sites is 1. The van der Waals surface area contributed by atoms with Gasteiger partial charge >= 0.3 is 6.36 Å². The lowest BCUT2D eigenvalue weighted by molar-refractivity contribution is -0.274. The van der Waals surface area contributed by atoms with E-state index in [2.05, 4.69) is 30.1 Å². The van der Waals surface area contributed by atoms with Gasteiger partial charge in [0.1, 0.15) is 5.75 Å². The lowest BCUT2D eigenvalue weighted by atomic mass is 9.97. The van der Waals surface area contributed by atoms with Gasteiger partial charge in [0, 0.05) is 11.6 Å². The van der Waals surface area contributed by atoms with Crippen LogP contribution in [0.2, 0.25) is 5.02 Å². The van der Waals surface area contributed by atoms with Crippen LogP contribution in [0.15, 0.2) is 54.9 Å². The van der Waals surface area contributed by atoms with Gasteiger partial charge in [-0.3, -0.25) is 9.89 Å². The number of nitrogens with zero attached hydrogens (tertiary/aromatic N) is 6. The summed E-state index contributed by atoms with van der Waals surface area (Å²) >= 11 is 6.17. The van der Waals surface area contributed by atoms with Gasteiger partial charge in [-0.2, -0.15) is 20.1 Å². The highest BCUT2D eigenvalue weighted by Gasteiger charge is 2.44. The third-order valence-electron chi connectivity index (χ3n) is 6.06. The van der Waals surface area contributed by atoms with E-state index in [-0.39, 0.29) is 17.3 Å². The summed E-state index contributed by atoms with van der Waals surface area (Å²) in [5.74, 6) is -0.341. The molecule has 5 rings (SSSR count). The molecule has 3 heterocycles. The van der Waals surface area contributed by atoms with Crippen molar-refractivity contribution in [1.29, 1.82) is 0 Å². The maximum absolute atomic E-state index is 13.8. The summed E-state index contributed by atoms with van der Waals surface area (Å²) in [4.78, 5) is 21.2. The minimum absolute atomic E-state index is 0.0262. The summed E-state index contributed by atoms with van der Waals surface area (Å²) in [6, 6.07) is 10.4. The number of amides is 1. The molecule has 0 bridgehead atoms. The number of alkyl halides is 3. The highest BCUT2D eigenvalue weighted by atomic mass is 35.5. The quantitative estimate of drug-likeness (QED) is 0.410. The van der Waals surface area contributed by atoms with Gasteiger partial charge in [-0.05, 0) is 50.1 Å². The minimum Gasteiger partial charge on any atom is -0.405 e. The zero-order chi connectivity index (χ0) is 25.5. The van der Waals surface area contributed by atoms with Crippen LogP contribution < -0.4 is 4.74 Å². The number of aromatic amines is 1. The second-order valence-corrected chi connectivity index (χ2v) is 8.80. The van der Waals surface area contributed by atoms with Gasteiger partial charge in [-0.1, -0.05) is 23.7 Å². The number of aromatic nitrogens is 6. The largest absolute Gasteiger partial charge is 0.573 e. The average Bonchev–Trinajstić information content (AvgIpc) is 3.59. The van der Waals surface area contributed by atoms with Crippen molar-refractivity contribution in [3.05, 3.63) is 71.3 Å². The van der Waals surface area contributed by atoms with Crippen molar-refractivity contribution < 1.29 is 22.7 Å². The van der Waals surface area contributed by atoms with Crippen LogP contribution in [0, 0.1) is 0 Å². The van der Waals surface area contributed by atoms with Gasteiger partial charge in [0.05, 0.1) is 34.7 Å². The summed E-state index contributed by atoms with van der Waals surface area (Å²) in [5, 5.41) is 15.6. The monoisotopic (exact) mass is 517 g/mol. The zero-order valence-corrected chi connectivity index (χ0v) is 19.6. The maximum Gasteiger partial charge on any atom is 0.573 e. The molecule has 9 nitrogen and oxygen atoms in total. The molecule has 4 aromatic rings. The Kier molecular flexibility index (Phi) is 5.91. The number of carbonyl (C=O) groups excluding carboxylic acids is 1. The molecule has 1 aliphatic heterocycles. The predicted octanol–water partition coefficient (Wildman–Crippen LogP) is 4.76. The van der Waals surface area contributed by atoms with Gasteiger partial charge in [0.2, 0.25) is 0 Å². The van der Waals surface area contributed by atoms with E-state index in [0.29, 0.717) is 41.5 Å². The molecule has 1 amide bonds. The molecule has 2 aromatic heterocycles. The normalized spacial score (nSPS) is 18.0. The smallest absolute Gasteiger partial charge is 0.405 e. The molecule has 0 spiro atoms. The fourth-order valence-corrected chi connectivity index (χ4v) is 4.53. The standard InChI is InChI=1S/C23H19ClF3N7O2/c1-22(21-30-19(31-32-21)16-5-2-3-6-18(16)36-23(25,26)27)9-4-12-33(22)20(35)15-8-7-14(24)13-17(15)34-28-10-11-29-34/h2-3,5-8,10-11,13H,4,9,12H2,1H3,(H,30,31,32). The minimum atomic E-state index is -4.87. The van der Waals surface area contributed by atoms with E-state index < -0.39 is 17.7 Å². The Bertz CT molecular complexity index is 1410. The molecule has 0 radical (unpaired) electrons. The second kappa shape index (κ2) is 8.94. The van der Waals surface area contributed by atoms with Crippen molar-refractivity contribution in [2.75, 3.05) is 6.54 Å². The van der Waals surface area contributed by atoms with Gasteiger partial charge in [0.15, 0.2) is 11.6 Å². The van der Waals surface area contributed by atoms with Crippen molar-refractivity contribution >= 4 is 17.5 Å². The van der Waals surface area contributed by atoms with Crippen LogP contribution in [0.25, 0.3) is 17.1 Å². The molecule has 1 unspecified atom stereocenters. The maximum atomic E-state index is 13.8. The SMILES string of the molecule is CC1(c2nc(-c3ccccc3OC(F)(F)F)n[nH]2)CCCN1C(=O)c1ccc(Cl)cc1-n1nccn1. The Morgan fingerprint density at radius 2 is 1.92 bits per heavy atom. The number of nitrogens with one attached hydrogen (secondary N) is 1. The molecule has 186 valence electrons. The molecule has 2 aromatic carbocycles. The molecule has 1 atom stereocenters. The zero-order valence-electron chi connectivity index (χ0n) is 18.8. The fraction of sp³-hybridized carbons (Fsp3) is 0.261. The summed E-state index contributed by atoms with van der Waals surface area (Å²) in [6.45, 7) is 2.27. The Balaban J connectivity index is 1.49. The first kappa shape index (κ1) is 23.8. The van der Waals surface area contributed by atoms with Crippen LogP contribution in [0.1, 0.15) is 35.9 Å². The van der Waals surface area contributed by atoms with Crippen molar-refractivity contribution in [3.63, 3.8) is 0 Å². The number of hydrogen-bond acceptors (Lipinski definition) is 6. The van der Waals surface area contributed by atoms with Crippen molar-refractivity contribution in [2.45, 2.75) is 31.7 Å². The highest BCUT2D eigenvalue weighted by Crippen LogP contribution is 2.40. The van der Waals surface area contributed by atoms with E-state index in [4.69, 9.17) is 11.6 Å². The molecule has 36 heavy (non-hydrogen) atoms. The number of benzene rings is 2. The number of halogens is 4. The molecule has 0 saturated carbocycles.